The zero-order chi connectivity index (χ0) is 17.5. The Morgan fingerprint density at radius 2 is 2.08 bits per heavy atom. The minimum absolute atomic E-state index is 0.0682. The highest BCUT2D eigenvalue weighted by molar-refractivity contribution is 6.01. The molecule has 6 nitrogen and oxygen atoms in total. The van der Waals surface area contributed by atoms with Gasteiger partial charge in [0.1, 0.15) is 11.4 Å². The van der Waals surface area contributed by atoms with Crippen molar-refractivity contribution in [1.29, 1.82) is 0 Å². The van der Waals surface area contributed by atoms with Gasteiger partial charge < -0.3 is 15.3 Å². The Morgan fingerprint density at radius 1 is 1.38 bits per heavy atom. The van der Waals surface area contributed by atoms with Crippen LogP contribution in [0.5, 0.6) is 0 Å². The number of halogens is 1. The predicted molar refractivity (Wildman–Crippen MR) is 84.2 cm³/mol. The van der Waals surface area contributed by atoms with Crippen LogP contribution in [0.25, 0.3) is 0 Å². The molecule has 1 aromatic rings. The number of benzene rings is 1. The fraction of sp³-hybridized carbons (Fsp3) is 0.471. The summed E-state index contributed by atoms with van der Waals surface area (Å²) in [6, 6.07) is 3.89. The summed E-state index contributed by atoms with van der Waals surface area (Å²) in [4.78, 5) is 37.3. The van der Waals surface area contributed by atoms with Gasteiger partial charge >= 0.3 is 5.97 Å². The van der Waals surface area contributed by atoms with Crippen LogP contribution in [-0.2, 0) is 9.59 Å². The number of carboxylic acids is 1. The van der Waals surface area contributed by atoms with Crippen molar-refractivity contribution in [2.24, 2.45) is 5.92 Å². The van der Waals surface area contributed by atoms with E-state index in [-0.39, 0.29) is 17.4 Å². The van der Waals surface area contributed by atoms with Crippen LogP contribution < -0.4 is 10.2 Å². The number of amides is 2. The van der Waals surface area contributed by atoms with Crippen LogP contribution in [0.4, 0.5) is 10.1 Å². The number of carbonyl (C=O) groups is 3. The third-order valence-corrected chi connectivity index (χ3v) is 4.79. The smallest absolute Gasteiger partial charge is 0.329 e. The normalized spacial score (nSPS) is 19.9. The summed E-state index contributed by atoms with van der Waals surface area (Å²) < 4.78 is 14.1. The fourth-order valence-electron chi connectivity index (χ4n) is 3.07. The van der Waals surface area contributed by atoms with Crippen molar-refractivity contribution >= 4 is 23.5 Å². The van der Waals surface area contributed by atoms with Crippen LogP contribution in [-0.4, -0.2) is 35.0 Å². The third-order valence-electron chi connectivity index (χ3n) is 4.79. The number of hydrogen-bond acceptors (Lipinski definition) is 3. The molecular formula is C17H19FN2O4. The molecule has 1 aliphatic heterocycles. The fourth-order valence-corrected chi connectivity index (χ4v) is 3.07. The van der Waals surface area contributed by atoms with Gasteiger partial charge in [-0.3, -0.25) is 9.59 Å². The third kappa shape index (κ3) is 2.86. The van der Waals surface area contributed by atoms with E-state index in [9.17, 15) is 23.9 Å². The number of hydrogen-bond donors (Lipinski definition) is 2. The van der Waals surface area contributed by atoms with Gasteiger partial charge in [-0.05, 0) is 50.3 Å². The molecule has 0 spiro atoms. The summed E-state index contributed by atoms with van der Waals surface area (Å²) >= 11 is 0. The monoisotopic (exact) mass is 334 g/mol. The summed E-state index contributed by atoms with van der Waals surface area (Å²) in [6.07, 6.45) is 2.58. The molecule has 1 saturated heterocycles. The quantitative estimate of drug-likeness (QED) is 0.861. The van der Waals surface area contributed by atoms with Crippen molar-refractivity contribution in [3.8, 4) is 0 Å². The van der Waals surface area contributed by atoms with E-state index in [1.54, 1.807) is 0 Å². The number of carboxylic acid groups (broad SMARTS) is 1. The van der Waals surface area contributed by atoms with Crippen molar-refractivity contribution < 1.29 is 23.9 Å². The summed E-state index contributed by atoms with van der Waals surface area (Å²) in [5.74, 6) is -2.87. The topological polar surface area (TPSA) is 86.7 Å². The molecule has 128 valence electrons. The molecule has 2 aliphatic rings. The molecule has 1 aliphatic carbocycles. The Balaban J connectivity index is 1.86. The van der Waals surface area contributed by atoms with Gasteiger partial charge in [0.25, 0.3) is 5.91 Å². The van der Waals surface area contributed by atoms with E-state index in [4.69, 9.17) is 0 Å². The van der Waals surface area contributed by atoms with Gasteiger partial charge in [0.15, 0.2) is 0 Å². The first-order chi connectivity index (χ1) is 11.3. The molecular weight excluding hydrogens is 315 g/mol. The first kappa shape index (κ1) is 16.4. The van der Waals surface area contributed by atoms with Gasteiger partial charge in [-0.25, -0.2) is 9.18 Å². The highest BCUT2D eigenvalue weighted by Gasteiger charge is 2.48. The lowest BCUT2D eigenvalue weighted by Crippen LogP contribution is -2.54. The number of rotatable bonds is 5. The van der Waals surface area contributed by atoms with Crippen molar-refractivity contribution in [2.75, 3.05) is 11.4 Å². The summed E-state index contributed by atoms with van der Waals surface area (Å²) in [6.45, 7) is 1.97. The van der Waals surface area contributed by atoms with E-state index in [1.165, 1.54) is 24.0 Å². The minimum atomic E-state index is -1.41. The Labute approximate surface area is 138 Å². The maximum absolute atomic E-state index is 14.1. The number of nitrogens with one attached hydrogen (secondary N) is 1. The molecule has 2 N–H and O–H groups in total. The van der Waals surface area contributed by atoms with Gasteiger partial charge in [-0.2, -0.15) is 0 Å². The Morgan fingerprint density at radius 3 is 2.62 bits per heavy atom. The second kappa shape index (κ2) is 5.89. The van der Waals surface area contributed by atoms with Gasteiger partial charge in [0.05, 0.1) is 5.56 Å². The largest absolute Gasteiger partial charge is 0.480 e. The molecule has 1 heterocycles. The van der Waals surface area contributed by atoms with Crippen LogP contribution >= 0.6 is 0 Å². The average molecular weight is 334 g/mol. The molecule has 2 fully saturated rings. The molecule has 7 heteroatoms. The molecule has 0 bridgehead atoms. The molecule has 0 aromatic heterocycles. The van der Waals surface area contributed by atoms with Gasteiger partial charge in [-0.1, -0.05) is 0 Å². The standard InChI is InChI=1S/C17H19FN2O4/c1-17(16(23)24,10-4-5-10)19-15(22)12-9-11(6-7-13(12)18)20-8-2-3-14(20)21/h6-7,9-10H,2-5,8H2,1H3,(H,19,22)(H,23,24)/t17-/m0/s1. The Kier molecular flexibility index (Phi) is 4.03. The molecule has 1 aromatic carbocycles. The van der Waals surface area contributed by atoms with E-state index in [1.807, 2.05) is 0 Å². The van der Waals surface area contributed by atoms with Gasteiger partial charge in [0, 0.05) is 18.7 Å². The van der Waals surface area contributed by atoms with Crippen LogP contribution in [0, 0.1) is 11.7 Å². The van der Waals surface area contributed by atoms with Crippen molar-refractivity contribution in [3.63, 3.8) is 0 Å². The number of nitrogens with zero attached hydrogens (tertiary/aromatic N) is 1. The van der Waals surface area contributed by atoms with Gasteiger partial charge in [0.2, 0.25) is 5.91 Å². The number of anilines is 1. The minimum Gasteiger partial charge on any atom is -0.480 e. The van der Waals surface area contributed by atoms with E-state index >= 15 is 0 Å². The SMILES string of the molecule is C[C@@](NC(=O)c1cc(N2CCCC2=O)ccc1F)(C(=O)O)C1CC1. The second-order valence-electron chi connectivity index (χ2n) is 6.55. The highest BCUT2D eigenvalue weighted by atomic mass is 19.1. The molecule has 1 saturated carbocycles. The first-order valence-corrected chi connectivity index (χ1v) is 7.99. The van der Waals surface area contributed by atoms with E-state index in [2.05, 4.69) is 5.32 Å². The Bertz CT molecular complexity index is 717. The van der Waals surface area contributed by atoms with Crippen LogP contribution in [0.1, 0.15) is 43.0 Å². The van der Waals surface area contributed by atoms with E-state index in [0.29, 0.717) is 31.5 Å². The van der Waals surface area contributed by atoms with Crippen molar-refractivity contribution in [2.45, 2.75) is 38.1 Å². The maximum atomic E-state index is 14.1. The molecule has 0 radical (unpaired) electrons. The molecule has 3 rings (SSSR count). The summed E-state index contributed by atoms with van der Waals surface area (Å²) in [5.41, 5.74) is -1.21. The first-order valence-electron chi connectivity index (χ1n) is 7.99. The zero-order valence-corrected chi connectivity index (χ0v) is 13.3. The van der Waals surface area contributed by atoms with Crippen LogP contribution in [0.3, 0.4) is 0 Å². The number of aliphatic carboxylic acids is 1. The molecule has 24 heavy (non-hydrogen) atoms. The van der Waals surface area contributed by atoms with E-state index < -0.39 is 23.2 Å². The number of carbonyl (C=O) groups excluding carboxylic acids is 2. The summed E-state index contributed by atoms with van der Waals surface area (Å²) in [5, 5.41) is 11.9. The second-order valence-corrected chi connectivity index (χ2v) is 6.55. The highest BCUT2D eigenvalue weighted by Crippen LogP contribution is 2.40. The lowest BCUT2D eigenvalue weighted by Gasteiger charge is -2.26. The van der Waals surface area contributed by atoms with Crippen LogP contribution in [0.2, 0.25) is 0 Å². The molecule has 1 atom stereocenters. The van der Waals surface area contributed by atoms with Crippen molar-refractivity contribution in [1.82, 2.24) is 5.32 Å². The average Bonchev–Trinajstić information content (AvgIpc) is 3.30. The lowest BCUT2D eigenvalue weighted by molar-refractivity contribution is -0.144. The summed E-state index contributed by atoms with van der Waals surface area (Å²) in [7, 11) is 0. The predicted octanol–water partition coefficient (Wildman–Crippen LogP) is 1.94. The van der Waals surface area contributed by atoms with E-state index in [0.717, 1.165) is 12.5 Å². The molecule has 0 unspecified atom stereocenters. The Hall–Kier alpha value is -2.44. The lowest BCUT2D eigenvalue weighted by atomic mass is 9.95. The van der Waals surface area contributed by atoms with Gasteiger partial charge in [-0.15, -0.1) is 0 Å². The molecule has 2 amide bonds. The zero-order valence-electron chi connectivity index (χ0n) is 13.3. The van der Waals surface area contributed by atoms with Crippen LogP contribution in [0.15, 0.2) is 18.2 Å². The maximum Gasteiger partial charge on any atom is 0.329 e. The van der Waals surface area contributed by atoms with Crippen molar-refractivity contribution in [3.05, 3.63) is 29.6 Å².